The Labute approximate surface area is 175 Å². The molecule has 2 bridgehead atoms. The lowest BCUT2D eigenvalue weighted by atomic mass is 9.95. The molecule has 2 saturated heterocycles. The summed E-state index contributed by atoms with van der Waals surface area (Å²) in [7, 11) is 2.20. The van der Waals surface area contributed by atoms with Crippen molar-refractivity contribution in [3.8, 4) is 17.0 Å². The van der Waals surface area contributed by atoms with Crippen molar-refractivity contribution in [1.82, 2.24) is 25.4 Å². The molecule has 3 aromatic rings. The fourth-order valence-corrected chi connectivity index (χ4v) is 5.13. The Morgan fingerprint density at radius 1 is 1.23 bits per heavy atom. The zero-order valence-corrected chi connectivity index (χ0v) is 17.4. The second kappa shape index (κ2) is 7.40. The van der Waals surface area contributed by atoms with Crippen LogP contribution in [0.1, 0.15) is 41.7 Å². The number of H-pyrrole nitrogens is 1. The Bertz CT molecular complexity index is 1090. The number of benzene rings is 1. The molecule has 3 fully saturated rings. The number of aromatic nitrogens is 3. The van der Waals surface area contributed by atoms with E-state index in [2.05, 4.69) is 32.4 Å². The van der Waals surface area contributed by atoms with Gasteiger partial charge in [-0.3, -0.25) is 9.89 Å². The van der Waals surface area contributed by atoms with Gasteiger partial charge in [-0.25, -0.2) is 4.98 Å². The highest BCUT2D eigenvalue weighted by molar-refractivity contribution is 6.07. The highest BCUT2D eigenvalue weighted by Crippen LogP contribution is 2.33. The van der Waals surface area contributed by atoms with Crippen molar-refractivity contribution < 1.29 is 9.90 Å². The highest BCUT2D eigenvalue weighted by atomic mass is 16.3. The van der Waals surface area contributed by atoms with Gasteiger partial charge in [0.1, 0.15) is 5.75 Å². The number of carbonyl (C=O) groups is 1. The molecule has 1 aliphatic carbocycles. The summed E-state index contributed by atoms with van der Waals surface area (Å²) in [5.41, 5.74) is 3.46. The second-order valence-electron chi connectivity index (χ2n) is 8.83. The molecular weight excluding hydrogens is 378 g/mol. The maximum Gasteiger partial charge on any atom is 0.252 e. The van der Waals surface area contributed by atoms with Gasteiger partial charge in [0.2, 0.25) is 0 Å². The number of aromatic hydroxyl groups is 1. The van der Waals surface area contributed by atoms with Gasteiger partial charge in [0.05, 0.1) is 16.6 Å². The fourth-order valence-electron chi connectivity index (χ4n) is 5.13. The summed E-state index contributed by atoms with van der Waals surface area (Å²) < 4.78 is 0. The topological polar surface area (TPSA) is 94.1 Å². The van der Waals surface area contributed by atoms with E-state index in [0.29, 0.717) is 28.9 Å². The predicted octanol–water partition coefficient (Wildman–Crippen LogP) is 3.24. The SMILES string of the molecule is Cc1[nH]nc2nc(-c3ccc(O)cc3)cc(C(=O)N[C@H]3CC4CCC(C3)N(C)C4)c12. The number of amides is 1. The van der Waals surface area contributed by atoms with E-state index in [4.69, 9.17) is 0 Å². The van der Waals surface area contributed by atoms with Crippen LogP contribution < -0.4 is 5.32 Å². The van der Waals surface area contributed by atoms with Gasteiger partial charge in [0, 0.05) is 29.9 Å². The monoisotopic (exact) mass is 405 g/mol. The maximum absolute atomic E-state index is 13.4. The minimum absolute atomic E-state index is 0.0686. The lowest BCUT2D eigenvalue weighted by Gasteiger charge is -2.33. The van der Waals surface area contributed by atoms with Crippen molar-refractivity contribution >= 4 is 16.9 Å². The molecule has 2 unspecified atom stereocenters. The number of hydrogen-bond acceptors (Lipinski definition) is 5. The number of hydrogen-bond donors (Lipinski definition) is 3. The van der Waals surface area contributed by atoms with Crippen LogP contribution in [0.3, 0.4) is 0 Å². The first-order chi connectivity index (χ1) is 14.5. The van der Waals surface area contributed by atoms with Crippen molar-refractivity contribution in [3.05, 3.63) is 41.6 Å². The van der Waals surface area contributed by atoms with Gasteiger partial charge in [0.25, 0.3) is 5.91 Å². The van der Waals surface area contributed by atoms with Crippen LogP contribution in [0, 0.1) is 12.8 Å². The van der Waals surface area contributed by atoms with Crippen molar-refractivity contribution in [2.45, 2.75) is 44.7 Å². The van der Waals surface area contributed by atoms with Gasteiger partial charge >= 0.3 is 0 Å². The number of rotatable bonds is 3. The van der Waals surface area contributed by atoms with Gasteiger partial charge < -0.3 is 15.3 Å². The molecule has 3 N–H and O–H groups in total. The average molecular weight is 406 g/mol. The Morgan fingerprint density at radius 3 is 2.80 bits per heavy atom. The first-order valence-electron chi connectivity index (χ1n) is 10.6. The number of nitrogens with one attached hydrogen (secondary N) is 2. The Morgan fingerprint density at radius 2 is 2.03 bits per heavy atom. The van der Waals surface area contributed by atoms with Gasteiger partial charge in [-0.2, -0.15) is 5.10 Å². The second-order valence-corrected chi connectivity index (χ2v) is 8.83. The molecule has 4 heterocycles. The highest BCUT2D eigenvalue weighted by Gasteiger charge is 2.34. The van der Waals surface area contributed by atoms with E-state index in [1.54, 1.807) is 24.3 Å². The standard InChI is InChI=1S/C23H27N5O2/c1-13-21-19(23(30)24-16-9-14-3-6-17(10-16)28(2)12-14)11-20(25-22(21)27-26-13)15-4-7-18(29)8-5-15/h4-5,7-8,11,14,16-17,29H,3,6,9-10,12H2,1-2H3,(H,24,30)(H,25,26,27)/t14?,16-,17?/m0/s1. The molecule has 2 aliphatic heterocycles. The van der Waals surface area contributed by atoms with Crippen molar-refractivity contribution in [1.29, 1.82) is 0 Å². The number of phenols is 1. The molecule has 0 spiro atoms. The molecule has 30 heavy (non-hydrogen) atoms. The minimum atomic E-state index is -0.0686. The third-order valence-electron chi connectivity index (χ3n) is 6.70. The quantitative estimate of drug-likeness (QED) is 0.622. The number of nitrogens with zero attached hydrogens (tertiary/aromatic N) is 3. The Kier molecular flexibility index (Phi) is 4.70. The summed E-state index contributed by atoms with van der Waals surface area (Å²) in [6.45, 7) is 3.04. The van der Waals surface area contributed by atoms with Crippen molar-refractivity contribution in [2.75, 3.05) is 13.6 Å². The van der Waals surface area contributed by atoms with E-state index in [9.17, 15) is 9.90 Å². The number of carbonyl (C=O) groups excluding carboxylic acids is 1. The molecule has 7 heteroatoms. The van der Waals surface area contributed by atoms with Crippen LogP contribution in [0.4, 0.5) is 0 Å². The van der Waals surface area contributed by atoms with Gasteiger partial charge in [-0.15, -0.1) is 0 Å². The third-order valence-corrected chi connectivity index (χ3v) is 6.70. The van der Waals surface area contributed by atoms with Crippen LogP contribution in [0.15, 0.2) is 30.3 Å². The molecule has 3 aliphatic rings. The Balaban J connectivity index is 1.48. The summed E-state index contributed by atoms with van der Waals surface area (Å²) in [6, 6.07) is 9.40. The van der Waals surface area contributed by atoms with Crippen molar-refractivity contribution in [3.63, 3.8) is 0 Å². The van der Waals surface area contributed by atoms with Gasteiger partial charge in [-0.05, 0) is 75.9 Å². The number of fused-ring (bicyclic) bond motifs is 5. The molecule has 6 rings (SSSR count). The molecule has 1 saturated carbocycles. The van der Waals surface area contributed by atoms with Crippen LogP contribution in [0.5, 0.6) is 5.75 Å². The summed E-state index contributed by atoms with van der Waals surface area (Å²) >= 11 is 0. The van der Waals surface area contributed by atoms with E-state index >= 15 is 0 Å². The molecule has 7 nitrogen and oxygen atoms in total. The number of aryl methyl sites for hydroxylation is 1. The molecule has 0 radical (unpaired) electrons. The fraction of sp³-hybridized carbons (Fsp3) is 0.435. The van der Waals surface area contributed by atoms with Crippen LogP contribution >= 0.6 is 0 Å². The summed E-state index contributed by atoms with van der Waals surface area (Å²) in [6.07, 6.45) is 4.52. The first-order valence-corrected chi connectivity index (χ1v) is 10.6. The lowest BCUT2D eigenvalue weighted by molar-refractivity contribution is 0.0932. The molecular formula is C23H27N5O2. The van der Waals surface area contributed by atoms with E-state index in [-0.39, 0.29) is 17.7 Å². The van der Waals surface area contributed by atoms with Crippen LogP contribution in [0.25, 0.3) is 22.3 Å². The normalized spacial score (nSPS) is 24.1. The van der Waals surface area contributed by atoms with Crippen molar-refractivity contribution in [2.24, 2.45) is 5.92 Å². The van der Waals surface area contributed by atoms with E-state index in [1.807, 2.05) is 13.0 Å². The zero-order valence-electron chi connectivity index (χ0n) is 17.4. The Hall–Kier alpha value is -2.93. The van der Waals surface area contributed by atoms with Gasteiger partial charge in [-0.1, -0.05) is 0 Å². The number of phenolic OH excluding ortho intramolecular Hbond substituents is 1. The molecule has 156 valence electrons. The number of aromatic amines is 1. The largest absolute Gasteiger partial charge is 0.508 e. The summed E-state index contributed by atoms with van der Waals surface area (Å²) in [4.78, 5) is 20.5. The van der Waals surface area contributed by atoms with E-state index < -0.39 is 0 Å². The summed E-state index contributed by atoms with van der Waals surface area (Å²) in [5, 5.41) is 20.9. The van der Waals surface area contributed by atoms with E-state index in [0.717, 1.165) is 36.0 Å². The lowest BCUT2D eigenvalue weighted by Crippen LogP contribution is -2.39. The van der Waals surface area contributed by atoms with Gasteiger partial charge in [0.15, 0.2) is 5.65 Å². The minimum Gasteiger partial charge on any atom is -0.508 e. The molecule has 1 amide bonds. The summed E-state index contributed by atoms with van der Waals surface area (Å²) in [5.74, 6) is 0.780. The zero-order chi connectivity index (χ0) is 20.8. The van der Waals surface area contributed by atoms with Crippen LogP contribution in [-0.2, 0) is 0 Å². The molecule has 1 aromatic carbocycles. The number of pyridine rings is 1. The molecule has 2 aromatic heterocycles. The predicted molar refractivity (Wildman–Crippen MR) is 115 cm³/mol. The maximum atomic E-state index is 13.4. The average Bonchev–Trinajstić information content (AvgIpc) is 2.90. The van der Waals surface area contributed by atoms with E-state index in [1.165, 1.54) is 12.8 Å². The molecule has 3 atom stereocenters. The first kappa shape index (κ1) is 19.1. The number of piperidine rings is 1. The van der Waals surface area contributed by atoms with Crippen LogP contribution in [-0.4, -0.2) is 56.8 Å². The third kappa shape index (κ3) is 3.43. The van der Waals surface area contributed by atoms with Crippen LogP contribution in [0.2, 0.25) is 0 Å². The smallest absolute Gasteiger partial charge is 0.252 e.